The summed E-state index contributed by atoms with van der Waals surface area (Å²) in [5, 5.41) is 13.4. The SMILES string of the molecule is O[C@H]1CCC[C@@H]1Nc1cccc(-c2cnc3ccc(C4CC4)cn23)n1. The zero-order valence-corrected chi connectivity index (χ0v) is 14.1. The van der Waals surface area contributed by atoms with Crippen LogP contribution < -0.4 is 5.32 Å². The summed E-state index contributed by atoms with van der Waals surface area (Å²) in [6.45, 7) is 0. The fourth-order valence-corrected chi connectivity index (χ4v) is 3.80. The quantitative estimate of drug-likeness (QED) is 0.765. The average Bonchev–Trinajstić information content (AvgIpc) is 3.28. The Labute approximate surface area is 146 Å². The van der Waals surface area contributed by atoms with E-state index in [2.05, 4.69) is 33.0 Å². The lowest BCUT2D eigenvalue weighted by molar-refractivity contribution is 0.171. The number of nitrogens with one attached hydrogen (secondary N) is 1. The molecule has 3 aromatic rings. The molecule has 2 N–H and O–H groups in total. The van der Waals surface area contributed by atoms with Crippen LogP contribution >= 0.6 is 0 Å². The van der Waals surface area contributed by atoms with Crippen LogP contribution in [0.4, 0.5) is 5.82 Å². The Kier molecular flexibility index (Phi) is 3.48. The maximum atomic E-state index is 10.0. The van der Waals surface area contributed by atoms with Gasteiger partial charge in [0.25, 0.3) is 0 Å². The number of aliphatic hydroxyl groups excluding tert-OH is 1. The molecule has 2 fully saturated rings. The van der Waals surface area contributed by atoms with Gasteiger partial charge < -0.3 is 10.4 Å². The second-order valence-electron chi connectivity index (χ2n) is 7.27. The first-order valence-electron chi connectivity index (χ1n) is 9.17. The molecule has 128 valence electrons. The van der Waals surface area contributed by atoms with E-state index >= 15 is 0 Å². The van der Waals surface area contributed by atoms with Crippen molar-refractivity contribution in [3.05, 3.63) is 48.3 Å². The molecule has 0 aliphatic heterocycles. The standard InChI is InChI=1S/C20H22N4O/c25-18-5-1-4-16(18)23-19-6-2-3-15(22-19)17-11-21-20-10-9-14(12-24(17)20)13-7-8-13/h2-3,6,9-13,16,18,25H,1,4-5,7-8H2,(H,22,23)/t16-,18-/m0/s1. The van der Waals surface area contributed by atoms with Gasteiger partial charge in [0.1, 0.15) is 11.5 Å². The number of pyridine rings is 2. The third-order valence-electron chi connectivity index (χ3n) is 5.40. The van der Waals surface area contributed by atoms with Gasteiger partial charge in [-0.2, -0.15) is 0 Å². The lowest BCUT2D eigenvalue weighted by Gasteiger charge is -2.17. The van der Waals surface area contributed by atoms with Crippen LogP contribution in [0.5, 0.6) is 0 Å². The van der Waals surface area contributed by atoms with Crippen molar-refractivity contribution < 1.29 is 5.11 Å². The topological polar surface area (TPSA) is 62.5 Å². The van der Waals surface area contributed by atoms with Crippen molar-refractivity contribution in [2.24, 2.45) is 0 Å². The summed E-state index contributed by atoms with van der Waals surface area (Å²) in [5.74, 6) is 1.53. The Balaban J connectivity index is 1.49. The van der Waals surface area contributed by atoms with Crippen molar-refractivity contribution in [3.8, 4) is 11.4 Å². The molecule has 3 aromatic heterocycles. The normalized spacial score (nSPS) is 23.2. The predicted octanol–water partition coefficient (Wildman–Crippen LogP) is 3.60. The van der Waals surface area contributed by atoms with Crippen molar-refractivity contribution >= 4 is 11.5 Å². The van der Waals surface area contributed by atoms with Crippen molar-refractivity contribution in [1.82, 2.24) is 14.4 Å². The highest BCUT2D eigenvalue weighted by molar-refractivity contribution is 5.62. The highest BCUT2D eigenvalue weighted by Gasteiger charge is 2.26. The van der Waals surface area contributed by atoms with Crippen LogP contribution in [-0.4, -0.2) is 31.6 Å². The number of fused-ring (bicyclic) bond motifs is 1. The number of anilines is 1. The van der Waals surface area contributed by atoms with Crippen molar-refractivity contribution in [2.45, 2.75) is 50.2 Å². The molecular weight excluding hydrogens is 312 g/mol. The molecule has 0 unspecified atom stereocenters. The van der Waals surface area contributed by atoms with Gasteiger partial charge in [0, 0.05) is 6.20 Å². The molecule has 25 heavy (non-hydrogen) atoms. The number of aromatic nitrogens is 3. The zero-order chi connectivity index (χ0) is 16.8. The van der Waals surface area contributed by atoms with Crippen molar-refractivity contribution in [3.63, 3.8) is 0 Å². The molecule has 0 bridgehead atoms. The third kappa shape index (κ3) is 2.78. The first kappa shape index (κ1) is 14.9. The summed E-state index contributed by atoms with van der Waals surface area (Å²) in [4.78, 5) is 9.29. The summed E-state index contributed by atoms with van der Waals surface area (Å²) >= 11 is 0. The van der Waals surface area contributed by atoms with E-state index < -0.39 is 0 Å². The van der Waals surface area contributed by atoms with E-state index in [-0.39, 0.29) is 12.1 Å². The molecule has 0 radical (unpaired) electrons. The average molecular weight is 334 g/mol. The summed E-state index contributed by atoms with van der Waals surface area (Å²) in [6.07, 6.45) is 9.33. The molecule has 0 spiro atoms. The minimum absolute atomic E-state index is 0.103. The number of nitrogens with zero attached hydrogens (tertiary/aromatic N) is 3. The first-order chi connectivity index (χ1) is 12.3. The molecule has 0 aromatic carbocycles. The fraction of sp³-hybridized carbons (Fsp3) is 0.400. The van der Waals surface area contributed by atoms with Gasteiger partial charge in [-0.25, -0.2) is 9.97 Å². The number of rotatable bonds is 4. The Hall–Kier alpha value is -2.40. The monoisotopic (exact) mass is 334 g/mol. The van der Waals surface area contributed by atoms with Crippen molar-refractivity contribution in [1.29, 1.82) is 0 Å². The molecule has 2 atom stereocenters. The van der Waals surface area contributed by atoms with E-state index in [1.165, 1.54) is 18.4 Å². The lowest BCUT2D eigenvalue weighted by atomic mass is 10.2. The summed E-state index contributed by atoms with van der Waals surface area (Å²) < 4.78 is 2.14. The van der Waals surface area contributed by atoms with Crippen LogP contribution in [0.25, 0.3) is 17.0 Å². The Morgan fingerprint density at radius 1 is 1.08 bits per heavy atom. The van der Waals surface area contributed by atoms with E-state index in [1.807, 2.05) is 24.4 Å². The van der Waals surface area contributed by atoms with Gasteiger partial charge >= 0.3 is 0 Å². The second-order valence-corrected chi connectivity index (χ2v) is 7.27. The Morgan fingerprint density at radius 3 is 2.80 bits per heavy atom. The number of imidazole rings is 1. The maximum absolute atomic E-state index is 10.0. The fourth-order valence-electron chi connectivity index (χ4n) is 3.80. The molecule has 2 aliphatic rings. The van der Waals surface area contributed by atoms with Gasteiger partial charge in [0.2, 0.25) is 0 Å². The molecule has 2 saturated carbocycles. The molecule has 2 aliphatic carbocycles. The minimum atomic E-state index is -0.276. The summed E-state index contributed by atoms with van der Waals surface area (Å²) in [6, 6.07) is 10.4. The van der Waals surface area contributed by atoms with Gasteiger partial charge in [-0.05, 0) is 61.8 Å². The third-order valence-corrected chi connectivity index (χ3v) is 5.40. The Morgan fingerprint density at radius 2 is 2.00 bits per heavy atom. The van der Waals surface area contributed by atoms with E-state index in [0.717, 1.165) is 42.1 Å². The van der Waals surface area contributed by atoms with Crippen LogP contribution in [0.1, 0.15) is 43.6 Å². The van der Waals surface area contributed by atoms with E-state index in [0.29, 0.717) is 5.92 Å². The van der Waals surface area contributed by atoms with Gasteiger partial charge in [-0.3, -0.25) is 4.40 Å². The molecular formula is C20H22N4O. The minimum Gasteiger partial charge on any atom is -0.391 e. The van der Waals surface area contributed by atoms with Crippen molar-refractivity contribution in [2.75, 3.05) is 5.32 Å². The van der Waals surface area contributed by atoms with Gasteiger partial charge in [0.05, 0.1) is 29.7 Å². The van der Waals surface area contributed by atoms with Gasteiger partial charge in [-0.1, -0.05) is 12.1 Å². The van der Waals surface area contributed by atoms with E-state index in [1.54, 1.807) is 0 Å². The molecule has 5 nitrogen and oxygen atoms in total. The first-order valence-corrected chi connectivity index (χ1v) is 9.17. The maximum Gasteiger partial charge on any atom is 0.137 e. The lowest BCUT2D eigenvalue weighted by Crippen LogP contribution is -2.28. The smallest absolute Gasteiger partial charge is 0.137 e. The molecule has 0 amide bonds. The molecule has 3 heterocycles. The van der Waals surface area contributed by atoms with Crippen LogP contribution in [0, 0.1) is 0 Å². The molecule has 0 saturated heterocycles. The van der Waals surface area contributed by atoms with Crippen LogP contribution in [0.15, 0.2) is 42.7 Å². The Bertz CT molecular complexity index is 915. The van der Waals surface area contributed by atoms with Gasteiger partial charge in [0.15, 0.2) is 0 Å². The molecule has 5 rings (SSSR count). The summed E-state index contributed by atoms with van der Waals surface area (Å²) in [5.41, 5.74) is 4.24. The zero-order valence-electron chi connectivity index (χ0n) is 14.1. The summed E-state index contributed by atoms with van der Waals surface area (Å²) in [7, 11) is 0. The number of hydrogen-bond acceptors (Lipinski definition) is 4. The number of aliphatic hydroxyl groups is 1. The van der Waals surface area contributed by atoms with Crippen LogP contribution in [0.2, 0.25) is 0 Å². The number of hydrogen-bond donors (Lipinski definition) is 2. The second kappa shape index (κ2) is 5.85. The van der Waals surface area contributed by atoms with Crippen LogP contribution in [0.3, 0.4) is 0 Å². The largest absolute Gasteiger partial charge is 0.391 e. The predicted molar refractivity (Wildman–Crippen MR) is 97.7 cm³/mol. The van der Waals surface area contributed by atoms with E-state index in [4.69, 9.17) is 4.98 Å². The van der Waals surface area contributed by atoms with Gasteiger partial charge in [-0.15, -0.1) is 0 Å². The molecule has 5 heteroatoms. The van der Waals surface area contributed by atoms with E-state index in [9.17, 15) is 5.11 Å². The highest BCUT2D eigenvalue weighted by atomic mass is 16.3. The highest BCUT2D eigenvalue weighted by Crippen LogP contribution is 2.40. The van der Waals surface area contributed by atoms with Crippen LogP contribution in [-0.2, 0) is 0 Å².